The molecule has 2 heterocycles. The molecule has 0 saturated carbocycles. The van der Waals surface area contributed by atoms with Crippen molar-refractivity contribution in [3.05, 3.63) is 66.1 Å². The number of rotatable bonds is 9. The Kier molecular flexibility index (Phi) is 7.91. The monoisotopic (exact) mass is 470 g/mol. The van der Waals surface area contributed by atoms with Crippen molar-refractivity contribution in [2.75, 3.05) is 23.5 Å². The third-order valence-electron chi connectivity index (χ3n) is 4.41. The first kappa shape index (κ1) is 24.1. The Hall–Kier alpha value is -3.57. The van der Waals surface area contributed by atoms with Crippen LogP contribution in [0.25, 0.3) is 11.4 Å². The van der Waals surface area contributed by atoms with Crippen molar-refractivity contribution in [3.8, 4) is 11.4 Å². The van der Waals surface area contributed by atoms with E-state index in [2.05, 4.69) is 30.9 Å². The summed E-state index contributed by atoms with van der Waals surface area (Å²) in [6.45, 7) is 1.97. The summed E-state index contributed by atoms with van der Waals surface area (Å²) >= 11 is 0. The van der Waals surface area contributed by atoms with Crippen molar-refractivity contribution in [3.63, 3.8) is 0 Å². The van der Waals surface area contributed by atoms with E-state index in [-0.39, 0.29) is 24.4 Å². The number of urea groups is 1. The van der Waals surface area contributed by atoms with Gasteiger partial charge in [0.15, 0.2) is 15.7 Å². The zero-order chi connectivity index (χ0) is 23.8. The maximum Gasteiger partial charge on any atom is 0.319 e. The van der Waals surface area contributed by atoms with Gasteiger partial charge in [0, 0.05) is 35.8 Å². The van der Waals surface area contributed by atoms with E-state index in [1.54, 1.807) is 49.5 Å². The maximum absolute atomic E-state index is 12.1. The van der Waals surface area contributed by atoms with Gasteiger partial charge < -0.3 is 21.1 Å². The highest BCUT2D eigenvalue weighted by Gasteiger charge is 2.13. The number of nitrogens with zero attached hydrogens (tertiary/aromatic N) is 3. The number of nitrogens with one attached hydrogen (secondary N) is 3. The zero-order valence-electron chi connectivity index (χ0n) is 18.3. The molecule has 0 spiro atoms. The molecule has 2 amide bonds. The number of aromatic nitrogens is 3. The molecule has 1 atom stereocenters. The van der Waals surface area contributed by atoms with Crippen LogP contribution in [-0.4, -0.2) is 53.4 Å². The molecule has 11 heteroatoms. The Balaban J connectivity index is 1.73. The SMILES string of the molecule is C[C@@H](CO)Nc1cc(CS(C)(=O)=O)nc(-c2ccc(NC(=O)NCc3ccccn3)cc2)n1. The Morgan fingerprint density at radius 3 is 2.48 bits per heavy atom. The third kappa shape index (κ3) is 7.81. The number of aliphatic hydroxyl groups is 1. The first-order valence-electron chi connectivity index (χ1n) is 10.2. The summed E-state index contributed by atoms with van der Waals surface area (Å²) in [5, 5.41) is 17.8. The predicted molar refractivity (Wildman–Crippen MR) is 126 cm³/mol. The molecule has 0 fully saturated rings. The van der Waals surface area contributed by atoms with Crippen molar-refractivity contribution >= 4 is 27.4 Å². The highest BCUT2D eigenvalue weighted by atomic mass is 32.2. The van der Waals surface area contributed by atoms with E-state index in [1.807, 2.05) is 12.1 Å². The first-order chi connectivity index (χ1) is 15.7. The Morgan fingerprint density at radius 2 is 1.85 bits per heavy atom. The number of carbonyl (C=O) groups is 1. The predicted octanol–water partition coefficient (Wildman–Crippen LogP) is 2.20. The molecule has 0 aliphatic heterocycles. The normalized spacial score (nSPS) is 12.1. The number of hydrogen-bond donors (Lipinski definition) is 4. The van der Waals surface area contributed by atoms with Crippen molar-refractivity contribution in [1.82, 2.24) is 20.3 Å². The van der Waals surface area contributed by atoms with Crippen LogP contribution in [0.3, 0.4) is 0 Å². The van der Waals surface area contributed by atoms with Crippen LogP contribution in [0, 0.1) is 0 Å². The molecule has 2 aromatic heterocycles. The van der Waals surface area contributed by atoms with Gasteiger partial charge in [0.1, 0.15) is 5.82 Å². The average Bonchev–Trinajstić information content (AvgIpc) is 2.77. The van der Waals surface area contributed by atoms with Crippen LogP contribution < -0.4 is 16.0 Å². The van der Waals surface area contributed by atoms with E-state index in [1.165, 1.54) is 0 Å². The lowest BCUT2D eigenvalue weighted by molar-refractivity contribution is 0.251. The molecule has 3 rings (SSSR count). The van der Waals surface area contributed by atoms with Gasteiger partial charge in [0.25, 0.3) is 0 Å². The van der Waals surface area contributed by atoms with E-state index in [0.717, 1.165) is 11.9 Å². The van der Waals surface area contributed by atoms with Gasteiger partial charge in [-0.1, -0.05) is 6.07 Å². The Labute approximate surface area is 192 Å². The summed E-state index contributed by atoms with van der Waals surface area (Å²) in [6.07, 6.45) is 2.80. The second-order valence-corrected chi connectivity index (χ2v) is 9.71. The van der Waals surface area contributed by atoms with E-state index in [9.17, 15) is 18.3 Å². The van der Waals surface area contributed by atoms with Gasteiger partial charge in [-0.3, -0.25) is 4.98 Å². The molecule has 4 N–H and O–H groups in total. The molecular weight excluding hydrogens is 444 g/mol. The molecule has 33 heavy (non-hydrogen) atoms. The largest absolute Gasteiger partial charge is 0.394 e. The summed E-state index contributed by atoms with van der Waals surface area (Å²) in [7, 11) is -3.30. The molecule has 0 aliphatic rings. The molecule has 0 saturated heterocycles. The van der Waals surface area contributed by atoms with E-state index in [4.69, 9.17) is 0 Å². The van der Waals surface area contributed by atoms with Gasteiger partial charge in [-0.2, -0.15) is 0 Å². The van der Waals surface area contributed by atoms with Crippen LogP contribution in [0.1, 0.15) is 18.3 Å². The molecule has 174 valence electrons. The number of carbonyl (C=O) groups excluding carboxylic acids is 1. The first-order valence-corrected chi connectivity index (χ1v) is 12.3. The van der Waals surface area contributed by atoms with Crippen molar-refractivity contribution in [1.29, 1.82) is 0 Å². The average molecular weight is 471 g/mol. The fraction of sp³-hybridized carbons (Fsp3) is 0.273. The fourth-order valence-electron chi connectivity index (χ4n) is 2.89. The van der Waals surface area contributed by atoms with E-state index in [0.29, 0.717) is 35.1 Å². The van der Waals surface area contributed by atoms with Crippen LogP contribution in [0.5, 0.6) is 0 Å². The van der Waals surface area contributed by atoms with Crippen molar-refractivity contribution in [2.24, 2.45) is 0 Å². The minimum atomic E-state index is -3.30. The van der Waals surface area contributed by atoms with Gasteiger partial charge in [-0.15, -0.1) is 0 Å². The van der Waals surface area contributed by atoms with Crippen LogP contribution in [0.2, 0.25) is 0 Å². The fourth-order valence-corrected chi connectivity index (χ4v) is 3.58. The van der Waals surface area contributed by atoms with Gasteiger partial charge >= 0.3 is 6.03 Å². The van der Waals surface area contributed by atoms with Crippen LogP contribution >= 0.6 is 0 Å². The molecule has 0 unspecified atom stereocenters. The lowest BCUT2D eigenvalue weighted by Gasteiger charge is -2.14. The van der Waals surface area contributed by atoms with Crippen LogP contribution in [0.4, 0.5) is 16.3 Å². The Morgan fingerprint density at radius 1 is 1.09 bits per heavy atom. The van der Waals surface area contributed by atoms with Gasteiger partial charge in [-0.05, 0) is 43.3 Å². The standard InChI is InChI=1S/C22H26N6O4S/c1-15(13-29)25-20-11-19(14-33(2,31)32)26-21(28-20)16-6-8-17(9-7-16)27-22(30)24-12-18-5-3-4-10-23-18/h3-11,15,29H,12-14H2,1-2H3,(H2,24,27,30)(H,25,26,28)/t15-/m0/s1. The molecule has 0 bridgehead atoms. The summed E-state index contributed by atoms with van der Waals surface area (Å²) in [5.74, 6) is 0.507. The number of pyridine rings is 1. The lowest BCUT2D eigenvalue weighted by atomic mass is 10.2. The van der Waals surface area contributed by atoms with E-state index < -0.39 is 9.84 Å². The molecule has 10 nitrogen and oxygen atoms in total. The van der Waals surface area contributed by atoms with Crippen LogP contribution in [-0.2, 0) is 22.1 Å². The summed E-state index contributed by atoms with van der Waals surface area (Å²) in [4.78, 5) is 25.1. The maximum atomic E-state index is 12.1. The van der Waals surface area contributed by atoms with Crippen molar-refractivity contribution < 1.29 is 18.3 Å². The summed E-state index contributed by atoms with van der Waals surface area (Å²) in [6, 6.07) is 13.2. The molecule has 3 aromatic rings. The third-order valence-corrected chi connectivity index (χ3v) is 5.23. The summed E-state index contributed by atoms with van der Waals surface area (Å²) in [5.41, 5.74) is 2.29. The number of sulfone groups is 1. The Bertz CT molecular complexity index is 1190. The lowest BCUT2D eigenvalue weighted by Crippen LogP contribution is -2.28. The van der Waals surface area contributed by atoms with Crippen molar-refractivity contribution in [2.45, 2.75) is 25.3 Å². The second kappa shape index (κ2) is 10.8. The summed E-state index contributed by atoms with van der Waals surface area (Å²) < 4.78 is 23.5. The highest BCUT2D eigenvalue weighted by molar-refractivity contribution is 7.89. The topological polar surface area (TPSA) is 146 Å². The quantitative estimate of drug-likeness (QED) is 0.372. The number of anilines is 2. The van der Waals surface area contributed by atoms with E-state index >= 15 is 0 Å². The molecule has 1 aromatic carbocycles. The van der Waals surface area contributed by atoms with Gasteiger partial charge in [0.05, 0.1) is 30.3 Å². The van der Waals surface area contributed by atoms with Crippen LogP contribution in [0.15, 0.2) is 54.7 Å². The zero-order valence-corrected chi connectivity index (χ0v) is 19.1. The second-order valence-electron chi connectivity index (χ2n) is 7.57. The number of amides is 2. The molecular formula is C22H26N6O4S. The number of benzene rings is 1. The minimum absolute atomic E-state index is 0.108. The van der Waals surface area contributed by atoms with Gasteiger partial charge in [-0.25, -0.2) is 23.2 Å². The van der Waals surface area contributed by atoms with Gasteiger partial charge in [0.2, 0.25) is 0 Å². The highest BCUT2D eigenvalue weighted by Crippen LogP contribution is 2.21. The minimum Gasteiger partial charge on any atom is -0.394 e. The number of aliphatic hydroxyl groups excluding tert-OH is 1. The smallest absolute Gasteiger partial charge is 0.319 e. The number of hydrogen-bond acceptors (Lipinski definition) is 8. The molecule has 0 aliphatic carbocycles. The molecule has 0 radical (unpaired) electrons.